The van der Waals surface area contributed by atoms with Crippen molar-refractivity contribution in [3.8, 4) is 5.82 Å². The molecule has 0 saturated heterocycles. The average Bonchev–Trinajstić information content (AvgIpc) is 3.09. The third kappa shape index (κ3) is 4.61. The number of fused-ring (bicyclic) bond motifs is 1. The van der Waals surface area contributed by atoms with E-state index in [-0.39, 0.29) is 18.2 Å². The van der Waals surface area contributed by atoms with Crippen LogP contribution in [0.25, 0.3) is 16.7 Å². The summed E-state index contributed by atoms with van der Waals surface area (Å²) in [4.78, 5) is 28.5. The maximum Gasteiger partial charge on any atom is 0.229 e. The predicted octanol–water partition coefficient (Wildman–Crippen LogP) is 4.18. The van der Waals surface area contributed by atoms with Gasteiger partial charge in [-0.15, -0.1) is 0 Å². The molecule has 2 amide bonds. The molecule has 0 aliphatic carbocycles. The molecule has 0 aliphatic rings. The number of aryl methyl sites for hydroxylation is 2. The second-order valence-corrected chi connectivity index (χ2v) is 7.50. The number of anilines is 2. The van der Waals surface area contributed by atoms with E-state index < -0.39 is 0 Å². The summed E-state index contributed by atoms with van der Waals surface area (Å²) < 4.78 is 1.66. The summed E-state index contributed by atoms with van der Waals surface area (Å²) in [5.41, 5.74) is 4.28. The molecule has 0 spiro atoms. The van der Waals surface area contributed by atoms with Gasteiger partial charge in [0.25, 0.3) is 0 Å². The topological polar surface area (TPSA) is 88.9 Å². The number of rotatable bonds is 5. The first-order valence-electron chi connectivity index (χ1n) is 9.99. The van der Waals surface area contributed by atoms with Crippen LogP contribution in [-0.4, -0.2) is 26.6 Å². The van der Waals surface area contributed by atoms with Crippen molar-refractivity contribution in [3.63, 3.8) is 0 Å². The standard InChI is InChI=1S/C24H23N5O2/c1-15-12-22(26-21-7-5-4-6-20(15)21)29-23(13-16(2)28-29)27-24(31)14-18-8-10-19(11-9-18)25-17(3)30/h4-13H,14H2,1-3H3,(H,25,30)(H,27,31). The summed E-state index contributed by atoms with van der Waals surface area (Å²) in [6.07, 6.45) is 0.203. The number of amides is 2. The van der Waals surface area contributed by atoms with E-state index in [0.29, 0.717) is 17.3 Å². The Morgan fingerprint density at radius 2 is 1.71 bits per heavy atom. The van der Waals surface area contributed by atoms with Gasteiger partial charge in [-0.2, -0.15) is 9.78 Å². The average molecular weight is 413 g/mol. The first-order valence-corrected chi connectivity index (χ1v) is 9.99. The normalized spacial score (nSPS) is 10.8. The predicted molar refractivity (Wildman–Crippen MR) is 121 cm³/mol. The molecule has 31 heavy (non-hydrogen) atoms. The van der Waals surface area contributed by atoms with Gasteiger partial charge in [-0.1, -0.05) is 30.3 Å². The van der Waals surface area contributed by atoms with Crippen molar-refractivity contribution in [2.75, 3.05) is 10.6 Å². The van der Waals surface area contributed by atoms with E-state index in [1.807, 2.05) is 62.4 Å². The number of aromatic nitrogens is 3. The minimum absolute atomic E-state index is 0.133. The molecule has 0 aliphatic heterocycles. The monoisotopic (exact) mass is 413 g/mol. The van der Waals surface area contributed by atoms with Gasteiger partial charge in [-0.25, -0.2) is 4.98 Å². The van der Waals surface area contributed by atoms with Crippen molar-refractivity contribution in [1.29, 1.82) is 0 Å². The van der Waals surface area contributed by atoms with Gasteiger partial charge in [0.2, 0.25) is 11.8 Å². The number of carbonyl (C=O) groups excluding carboxylic acids is 2. The Kier molecular flexibility index (Phi) is 5.49. The first kappa shape index (κ1) is 20.3. The molecule has 0 fully saturated rings. The smallest absolute Gasteiger partial charge is 0.229 e. The number of carbonyl (C=O) groups is 2. The van der Waals surface area contributed by atoms with Crippen molar-refractivity contribution in [2.45, 2.75) is 27.2 Å². The van der Waals surface area contributed by atoms with Crippen molar-refractivity contribution in [2.24, 2.45) is 0 Å². The number of nitrogens with one attached hydrogen (secondary N) is 2. The number of benzene rings is 2. The first-order chi connectivity index (χ1) is 14.9. The third-order valence-electron chi connectivity index (χ3n) is 4.86. The quantitative estimate of drug-likeness (QED) is 0.514. The molecule has 156 valence electrons. The summed E-state index contributed by atoms with van der Waals surface area (Å²) in [6.45, 7) is 5.37. The van der Waals surface area contributed by atoms with Crippen LogP contribution in [0.5, 0.6) is 0 Å². The second kappa shape index (κ2) is 8.39. The molecule has 7 heteroatoms. The number of hydrogen-bond acceptors (Lipinski definition) is 4. The van der Waals surface area contributed by atoms with E-state index in [0.717, 1.165) is 27.7 Å². The van der Waals surface area contributed by atoms with Crippen molar-refractivity contribution in [1.82, 2.24) is 14.8 Å². The lowest BCUT2D eigenvalue weighted by molar-refractivity contribution is -0.116. The summed E-state index contributed by atoms with van der Waals surface area (Å²) in [6, 6.07) is 18.9. The largest absolute Gasteiger partial charge is 0.326 e. The van der Waals surface area contributed by atoms with E-state index in [1.54, 1.807) is 16.8 Å². The summed E-state index contributed by atoms with van der Waals surface area (Å²) >= 11 is 0. The Balaban J connectivity index is 1.55. The summed E-state index contributed by atoms with van der Waals surface area (Å²) in [5, 5.41) is 11.3. The van der Waals surface area contributed by atoms with E-state index in [1.165, 1.54) is 6.92 Å². The third-order valence-corrected chi connectivity index (χ3v) is 4.86. The zero-order valence-electron chi connectivity index (χ0n) is 17.6. The summed E-state index contributed by atoms with van der Waals surface area (Å²) in [5.74, 6) is 0.927. The van der Waals surface area contributed by atoms with Crippen molar-refractivity contribution >= 4 is 34.2 Å². The Morgan fingerprint density at radius 1 is 0.968 bits per heavy atom. The number of para-hydroxylation sites is 1. The van der Waals surface area contributed by atoms with Gasteiger partial charge >= 0.3 is 0 Å². The zero-order chi connectivity index (χ0) is 22.0. The Labute approximate surface area is 180 Å². The van der Waals surface area contributed by atoms with Crippen LogP contribution in [0.15, 0.2) is 60.7 Å². The fraction of sp³-hybridized carbons (Fsp3) is 0.167. The molecule has 0 radical (unpaired) electrons. The molecule has 0 saturated carbocycles. The molecule has 2 N–H and O–H groups in total. The molecule has 4 rings (SSSR count). The highest BCUT2D eigenvalue weighted by Gasteiger charge is 2.14. The van der Waals surface area contributed by atoms with E-state index in [4.69, 9.17) is 4.98 Å². The number of pyridine rings is 1. The van der Waals surface area contributed by atoms with Crippen molar-refractivity contribution < 1.29 is 9.59 Å². The fourth-order valence-corrected chi connectivity index (χ4v) is 3.48. The maximum atomic E-state index is 12.7. The molecule has 2 heterocycles. The Bertz CT molecular complexity index is 1280. The van der Waals surface area contributed by atoms with Crippen molar-refractivity contribution in [3.05, 3.63) is 77.5 Å². The lowest BCUT2D eigenvalue weighted by Gasteiger charge is -2.11. The van der Waals surface area contributed by atoms with Crippen LogP contribution in [0.3, 0.4) is 0 Å². The van der Waals surface area contributed by atoms with Crippen LogP contribution in [0.4, 0.5) is 11.5 Å². The molecule has 2 aromatic carbocycles. The molecular formula is C24H23N5O2. The van der Waals surface area contributed by atoms with Gasteiger partial charge in [0.1, 0.15) is 5.82 Å². The van der Waals surface area contributed by atoms with Gasteiger partial charge in [0.05, 0.1) is 17.6 Å². The lowest BCUT2D eigenvalue weighted by atomic mass is 10.1. The second-order valence-electron chi connectivity index (χ2n) is 7.50. The van der Waals surface area contributed by atoms with Crippen LogP contribution in [0.2, 0.25) is 0 Å². The molecular weight excluding hydrogens is 390 g/mol. The number of nitrogens with zero attached hydrogens (tertiary/aromatic N) is 3. The minimum atomic E-state index is -0.161. The Hall–Kier alpha value is -4.00. The van der Waals surface area contributed by atoms with Crippen LogP contribution in [0.1, 0.15) is 23.7 Å². The zero-order valence-corrected chi connectivity index (χ0v) is 17.6. The highest BCUT2D eigenvalue weighted by molar-refractivity contribution is 5.92. The van der Waals surface area contributed by atoms with E-state index >= 15 is 0 Å². The van der Waals surface area contributed by atoms with Gasteiger partial charge in [-0.05, 0) is 49.2 Å². The van der Waals surface area contributed by atoms with E-state index in [9.17, 15) is 9.59 Å². The molecule has 4 aromatic rings. The molecule has 2 aromatic heterocycles. The number of hydrogen-bond donors (Lipinski definition) is 2. The van der Waals surface area contributed by atoms with Gasteiger partial charge < -0.3 is 10.6 Å². The molecule has 0 bridgehead atoms. The highest BCUT2D eigenvalue weighted by atomic mass is 16.2. The van der Waals surface area contributed by atoms with Crippen LogP contribution in [-0.2, 0) is 16.0 Å². The van der Waals surface area contributed by atoms with Gasteiger partial charge in [0.15, 0.2) is 5.82 Å². The maximum absolute atomic E-state index is 12.7. The molecule has 0 atom stereocenters. The van der Waals surface area contributed by atoms with Gasteiger partial charge in [-0.3, -0.25) is 9.59 Å². The van der Waals surface area contributed by atoms with Crippen LogP contribution in [0, 0.1) is 13.8 Å². The molecule has 7 nitrogen and oxygen atoms in total. The lowest BCUT2D eigenvalue weighted by Crippen LogP contribution is -2.17. The fourth-order valence-electron chi connectivity index (χ4n) is 3.48. The summed E-state index contributed by atoms with van der Waals surface area (Å²) in [7, 11) is 0. The Morgan fingerprint density at radius 3 is 2.45 bits per heavy atom. The highest BCUT2D eigenvalue weighted by Crippen LogP contribution is 2.22. The minimum Gasteiger partial charge on any atom is -0.326 e. The van der Waals surface area contributed by atoms with Crippen LogP contribution < -0.4 is 10.6 Å². The SMILES string of the molecule is CC(=O)Nc1ccc(CC(=O)Nc2cc(C)nn2-c2cc(C)c3ccccc3n2)cc1. The van der Waals surface area contributed by atoms with E-state index in [2.05, 4.69) is 15.7 Å². The van der Waals surface area contributed by atoms with Gasteiger partial charge in [0, 0.05) is 24.1 Å². The van der Waals surface area contributed by atoms with Crippen LogP contribution >= 0.6 is 0 Å². The molecule has 0 unspecified atom stereocenters.